The van der Waals surface area contributed by atoms with Crippen LogP contribution in [0.2, 0.25) is 0 Å². The third kappa shape index (κ3) is 6.95. The lowest BCUT2D eigenvalue weighted by atomic mass is 10.1. The highest BCUT2D eigenvalue weighted by molar-refractivity contribution is 8.00. The summed E-state index contributed by atoms with van der Waals surface area (Å²) in [6, 6.07) is 17.2. The molecule has 0 radical (unpaired) electrons. The summed E-state index contributed by atoms with van der Waals surface area (Å²) < 4.78 is 52.1. The smallest absolute Gasteiger partial charge is 0.417 e. The fraction of sp³-hybridized carbons (Fsp3) is 0.188. The quantitative estimate of drug-likeness (QED) is 0.105. The van der Waals surface area contributed by atoms with E-state index in [4.69, 9.17) is 9.47 Å². The average Bonchev–Trinajstić information content (AvgIpc) is 3.67. The number of rotatable bonds is 10. The molecule has 0 saturated carbocycles. The summed E-state index contributed by atoms with van der Waals surface area (Å²) in [5.74, 6) is -1.98. The van der Waals surface area contributed by atoms with Gasteiger partial charge in [-0.25, -0.2) is 14.7 Å². The van der Waals surface area contributed by atoms with Crippen molar-refractivity contribution in [3.63, 3.8) is 0 Å². The molecular weight excluding hydrogens is 643 g/mol. The molecule has 4 aromatic rings. The van der Waals surface area contributed by atoms with Crippen LogP contribution in [-0.2, 0) is 20.5 Å². The van der Waals surface area contributed by atoms with Crippen LogP contribution in [-0.4, -0.2) is 47.0 Å². The first-order valence-electron chi connectivity index (χ1n) is 13.6. The Morgan fingerprint density at radius 1 is 1.09 bits per heavy atom. The fourth-order valence-electron chi connectivity index (χ4n) is 4.54. The van der Waals surface area contributed by atoms with Gasteiger partial charge in [-0.2, -0.15) is 18.4 Å². The number of aromatic nitrogens is 1. The van der Waals surface area contributed by atoms with E-state index in [9.17, 15) is 37.6 Å². The molecule has 1 unspecified atom stereocenters. The maximum atomic E-state index is 13.9. The number of alkyl halides is 3. The molecule has 46 heavy (non-hydrogen) atoms. The number of anilines is 1. The lowest BCUT2D eigenvalue weighted by molar-refractivity contribution is -0.138. The Morgan fingerprint density at radius 3 is 2.39 bits per heavy atom. The first-order valence-corrected chi connectivity index (χ1v) is 15.4. The maximum Gasteiger partial charge on any atom is 0.417 e. The molecule has 3 heterocycles. The standard InChI is InChI=1S/C32H22F3N3O6S2/c1-2-43-21-11-7-18(8-12-21)25(39)17-44-31(42)19-5-9-20(10-6-19)38-28(40)15-27(30(38)41)46-29-22(16-36)23(32(33,34)35)14-24(37-29)26-4-3-13-45-26/h3-14,27H,2,15,17H2,1H3. The summed E-state index contributed by atoms with van der Waals surface area (Å²) in [6.07, 6.45) is -5.21. The van der Waals surface area contributed by atoms with Crippen LogP contribution in [0.1, 0.15) is 45.2 Å². The Labute approximate surface area is 268 Å². The molecule has 9 nitrogen and oxygen atoms in total. The van der Waals surface area contributed by atoms with Gasteiger partial charge in [-0.05, 0) is 73.0 Å². The van der Waals surface area contributed by atoms with Gasteiger partial charge in [0.25, 0.3) is 0 Å². The zero-order valence-electron chi connectivity index (χ0n) is 23.9. The second kappa shape index (κ2) is 13.6. The van der Waals surface area contributed by atoms with Crippen LogP contribution >= 0.6 is 23.1 Å². The van der Waals surface area contributed by atoms with Crippen LogP contribution in [0, 0.1) is 11.3 Å². The second-order valence-electron chi connectivity index (χ2n) is 9.70. The first-order chi connectivity index (χ1) is 22.0. The topological polar surface area (TPSA) is 127 Å². The normalized spacial score (nSPS) is 14.7. The number of nitriles is 1. The van der Waals surface area contributed by atoms with Gasteiger partial charge in [-0.1, -0.05) is 17.8 Å². The van der Waals surface area contributed by atoms with Crippen LogP contribution in [0.25, 0.3) is 10.6 Å². The van der Waals surface area contributed by atoms with Crippen LogP contribution in [0.15, 0.2) is 77.1 Å². The minimum Gasteiger partial charge on any atom is -0.494 e. The number of esters is 1. The average molecular weight is 666 g/mol. The van der Waals surface area contributed by atoms with Gasteiger partial charge >= 0.3 is 12.1 Å². The highest BCUT2D eigenvalue weighted by Gasteiger charge is 2.42. The molecule has 5 rings (SSSR count). The van der Waals surface area contributed by atoms with Gasteiger partial charge in [-0.15, -0.1) is 11.3 Å². The molecule has 0 spiro atoms. The van der Waals surface area contributed by atoms with Crippen molar-refractivity contribution in [3.8, 4) is 22.4 Å². The number of imide groups is 1. The monoisotopic (exact) mass is 665 g/mol. The summed E-state index contributed by atoms with van der Waals surface area (Å²) >= 11 is 1.78. The maximum absolute atomic E-state index is 13.9. The number of ketones is 1. The van der Waals surface area contributed by atoms with E-state index < -0.39 is 52.7 Å². The number of Topliss-reactive ketones (excluding diaryl/α,β-unsaturated/α-hetero) is 1. The minimum absolute atomic E-state index is 0.0129. The number of nitrogens with zero attached hydrogens (tertiary/aromatic N) is 3. The molecule has 2 aromatic carbocycles. The van der Waals surface area contributed by atoms with Crippen molar-refractivity contribution in [2.45, 2.75) is 29.8 Å². The number of ether oxygens (including phenoxy) is 2. The van der Waals surface area contributed by atoms with E-state index in [1.165, 1.54) is 24.3 Å². The van der Waals surface area contributed by atoms with E-state index in [0.29, 0.717) is 34.6 Å². The summed E-state index contributed by atoms with van der Waals surface area (Å²) in [5.41, 5.74) is -1.43. The number of carbonyl (C=O) groups is 4. The number of thiophene rings is 1. The Balaban J connectivity index is 1.28. The molecular formula is C32H22F3N3O6S2. The Kier molecular flexibility index (Phi) is 9.54. The number of thioether (sulfide) groups is 1. The minimum atomic E-state index is -4.86. The van der Waals surface area contributed by atoms with Crippen molar-refractivity contribution in [1.82, 2.24) is 4.98 Å². The van der Waals surface area contributed by atoms with Crippen molar-refractivity contribution in [2.24, 2.45) is 0 Å². The zero-order valence-corrected chi connectivity index (χ0v) is 25.5. The number of amides is 2. The lowest BCUT2D eigenvalue weighted by Gasteiger charge is -2.17. The van der Waals surface area contributed by atoms with Gasteiger partial charge in [-0.3, -0.25) is 14.4 Å². The molecule has 1 fully saturated rings. The summed E-state index contributed by atoms with van der Waals surface area (Å²) in [4.78, 5) is 56.7. The summed E-state index contributed by atoms with van der Waals surface area (Å²) in [7, 11) is 0. The summed E-state index contributed by atoms with van der Waals surface area (Å²) in [5, 5.41) is 9.81. The van der Waals surface area contributed by atoms with Crippen molar-refractivity contribution in [2.75, 3.05) is 18.1 Å². The predicted octanol–water partition coefficient (Wildman–Crippen LogP) is 6.56. The molecule has 1 saturated heterocycles. The van der Waals surface area contributed by atoms with Crippen molar-refractivity contribution >= 4 is 52.4 Å². The Hall–Kier alpha value is -5.00. The van der Waals surface area contributed by atoms with E-state index in [2.05, 4.69) is 4.98 Å². The van der Waals surface area contributed by atoms with Crippen LogP contribution < -0.4 is 9.64 Å². The van der Waals surface area contributed by atoms with Crippen LogP contribution in [0.5, 0.6) is 5.75 Å². The first kappa shape index (κ1) is 32.4. The van der Waals surface area contributed by atoms with Gasteiger partial charge in [0.05, 0.1) is 44.8 Å². The molecule has 1 atom stereocenters. The van der Waals surface area contributed by atoms with Gasteiger partial charge < -0.3 is 9.47 Å². The SMILES string of the molecule is CCOc1ccc(C(=O)COC(=O)c2ccc(N3C(=O)CC(Sc4nc(-c5cccs5)cc(C(F)(F)F)c4C#N)C3=O)cc2)cc1. The number of pyridine rings is 1. The highest BCUT2D eigenvalue weighted by Crippen LogP contribution is 2.41. The van der Waals surface area contributed by atoms with Gasteiger partial charge in [0, 0.05) is 12.0 Å². The Morgan fingerprint density at radius 2 is 1.78 bits per heavy atom. The highest BCUT2D eigenvalue weighted by atomic mass is 32.2. The third-order valence-electron chi connectivity index (χ3n) is 6.72. The zero-order chi connectivity index (χ0) is 33.0. The molecule has 234 valence electrons. The van der Waals surface area contributed by atoms with Crippen LogP contribution in [0.3, 0.4) is 0 Å². The van der Waals surface area contributed by atoms with Gasteiger partial charge in [0.15, 0.2) is 12.4 Å². The predicted molar refractivity (Wildman–Crippen MR) is 163 cm³/mol. The molecule has 0 N–H and O–H groups in total. The van der Waals surface area contributed by atoms with E-state index in [1.54, 1.807) is 47.8 Å². The van der Waals surface area contributed by atoms with Gasteiger partial charge in [0.2, 0.25) is 11.8 Å². The molecule has 1 aliphatic rings. The Bertz CT molecular complexity index is 1840. The molecule has 1 aliphatic heterocycles. The molecule has 2 amide bonds. The third-order valence-corrected chi connectivity index (χ3v) is 8.78. The van der Waals surface area contributed by atoms with E-state index >= 15 is 0 Å². The van der Waals surface area contributed by atoms with Crippen molar-refractivity contribution < 1.29 is 41.8 Å². The number of benzene rings is 2. The lowest BCUT2D eigenvalue weighted by Crippen LogP contribution is -2.31. The summed E-state index contributed by atoms with van der Waals surface area (Å²) in [6.45, 7) is 1.79. The van der Waals surface area contributed by atoms with Crippen LogP contribution in [0.4, 0.5) is 18.9 Å². The number of hydrogen-bond acceptors (Lipinski definition) is 10. The number of halogens is 3. The second-order valence-corrected chi connectivity index (χ2v) is 11.8. The van der Waals surface area contributed by atoms with Gasteiger partial charge in [0.1, 0.15) is 16.8 Å². The van der Waals surface area contributed by atoms with E-state index in [1.807, 2.05) is 6.92 Å². The fourth-order valence-corrected chi connectivity index (χ4v) is 6.35. The van der Waals surface area contributed by atoms with E-state index in [-0.39, 0.29) is 28.4 Å². The molecule has 14 heteroatoms. The largest absolute Gasteiger partial charge is 0.494 e. The molecule has 0 aliphatic carbocycles. The molecule has 0 bridgehead atoms. The number of carbonyl (C=O) groups excluding carboxylic acids is 4. The van der Waals surface area contributed by atoms with Crippen molar-refractivity contribution in [1.29, 1.82) is 5.26 Å². The molecule has 2 aromatic heterocycles. The number of hydrogen-bond donors (Lipinski definition) is 0. The van der Waals surface area contributed by atoms with E-state index in [0.717, 1.165) is 22.3 Å². The van der Waals surface area contributed by atoms with Crippen molar-refractivity contribution in [3.05, 3.63) is 94.4 Å².